The maximum absolute atomic E-state index is 11.9. The fraction of sp³-hybridized carbons (Fsp3) is 0.667. The molecule has 18 heavy (non-hydrogen) atoms. The quantitative estimate of drug-likeness (QED) is 0.719. The molecule has 1 atom stereocenters. The summed E-state index contributed by atoms with van der Waals surface area (Å²) in [6, 6.07) is 0. The second-order valence-corrected chi connectivity index (χ2v) is 6.54. The Balaban J connectivity index is 2.77. The zero-order valence-corrected chi connectivity index (χ0v) is 12.0. The van der Waals surface area contributed by atoms with Gasteiger partial charge in [-0.1, -0.05) is 11.3 Å². The Bertz CT molecular complexity index is 533. The van der Waals surface area contributed by atoms with E-state index in [2.05, 4.69) is 9.71 Å². The van der Waals surface area contributed by atoms with Gasteiger partial charge in [-0.05, 0) is 6.92 Å². The van der Waals surface area contributed by atoms with Crippen molar-refractivity contribution in [1.82, 2.24) is 9.71 Å². The summed E-state index contributed by atoms with van der Waals surface area (Å²) >= 11 is 0.660. The van der Waals surface area contributed by atoms with Crippen LogP contribution in [0.5, 0.6) is 0 Å². The first kappa shape index (κ1) is 15.3. The third-order valence-electron chi connectivity index (χ3n) is 2.21. The number of thiazole rings is 1. The summed E-state index contributed by atoms with van der Waals surface area (Å²) in [5.74, 6) is 0. The number of nitrogens with one attached hydrogen (secondary N) is 2. The van der Waals surface area contributed by atoms with Crippen LogP contribution < -0.4 is 9.60 Å². The van der Waals surface area contributed by atoms with Gasteiger partial charge in [0.25, 0.3) is 10.0 Å². The van der Waals surface area contributed by atoms with Gasteiger partial charge in [0, 0.05) is 26.5 Å². The van der Waals surface area contributed by atoms with Crippen molar-refractivity contribution in [3.63, 3.8) is 0 Å². The van der Waals surface area contributed by atoms with Crippen molar-refractivity contribution in [2.75, 3.05) is 27.4 Å². The molecule has 104 valence electrons. The molecule has 0 aromatic carbocycles. The van der Waals surface area contributed by atoms with Crippen molar-refractivity contribution in [3.05, 3.63) is 15.4 Å². The molecule has 1 aromatic heterocycles. The van der Waals surface area contributed by atoms with Crippen LogP contribution in [0.1, 0.15) is 5.69 Å². The van der Waals surface area contributed by atoms with E-state index in [1.165, 1.54) is 21.1 Å². The van der Waals surface area contributed by atoms with Crippen molar-refractivity contribution in [3.8, 4) is 0 Å². The van der Waals surface area contributed by atoms with E-state index in [-0.39, 0.29) is 23.5 Å². The molecule has 1 rings (SSSR count). The molecule has 0 amide bonds. The normalized spacial score (nSPS) is 13.7. The van der Waals surface area contributed by atoms with E-state index >= 15 is 0 Å². The topological polar surface area (TPSA) is 97.5 Å². The molecule has 1 unspecified atom stereocenters. The largest absolute Gasteiger partial charge is 0.382 e. The first-order chi connectivity index (χ1) is 8.40. The summed E-state index contributed by atoms with van der Waals surface area (Å²) in [7, 11) is -0.719. The lowest BCUT2D eigenvalue weighted by Crippen LogP contribution is -2.35. The van der Waals surface area contributed by atoms with Crippen LogP contribution in [-0.2, 0) is 19.5 Å². The van der Waals surface area contributed by atoms with E-state index < -0.39 is 14.9 Å². The maximum atomic E-state index is 11.9. The highest BCUT2D eigenvalue weighted by Gasteiger charge is 2.21. The number of aryl methyl sites for hydroxylation is 1. The number of rotatable bonds is 7. The Kier molecular flexibility index (Phi) is 5.47. The minimum Gasteiger partial charge on any atom is -0.382 e. The van der Waals surface area contributed by atoms with Gasteiger partial charge in [0.1, 0.15) is 0 Å². The molecule has 0 aliphatic heterocycles. The van der Waals surface area contributed by atoms with Crippen LogP contribution in [0.15, 0.2) is 9.00 Å². The SMILES string of the molecule is COCC(CNS(=O)(=O)c1sc(=O)[nH]c1C)OC. The number of hydrogen-bond acceptors (Lipinski definition) is 6. The van der Waals surface area contributed by atoms with Gasteiger partial charge in [0.15, 0.2) is 4.21 Å². The first-order valence-electron chi connectivity index (χ1n) is 5.11. The van der Waals surface area contributed by atoms with Gasteiger partial charge in [-0.15, -0.1) is 0 Å². The highest BCUT2D eigenvalue weighted by Crippen LogP contribution is 2.15. The lowest BCUT2D eigenvalue weighted by Gasteiger charge is -2.14. The van der Waals surface area contributed by atoms with Crippen LogP contribution in [0.4, 0.5) is 0 Å². The van der Waals surface area contributed by atoms with Crippen LogP contribution in [0, 0.1) is 6.92 Å². The molecule has 0 saturated carbocycles. The van der Waals surface area contributed by atoms with Crippen molar-refractivity contribution in [2.24, 2.45) is 0 Å². The summed E-state index contributed by atoms with van der Waals surface area (Å²) in [4.78, 5) is 13.1. The molecule has 0 spiro atoms. The molecule has 1 aromatic rings. The second kappa shape index (κ2) is 6.43. The fourth-order valence-corrected chi connectivity index (χ4v) is 3.72. The van der Waals surface area contributed by atoms with Crippen LogP contribution in [0.25, 0.3) is 0 Å². The number of H-pyrrole nitrogens is 1. The number of aromatic nitrogens is 1. The van der Waals surface area contributed by atoms with E-state index in [0.29, 0.717) is 17.0 Å². The Hall–Kier alpha value is -0.740. The Morgan fingerprint density at radius 1 is 1.44 bits per heavy atom. The number of ether oxygens (including phenoxy) is 2. The summed E-state index contributed by atoms with van der Waals surface area (Å²) in [5.41, 5.74) is 0.332. The zero-order valence-electron chi connectivity index (χ0n) is 10.3. The van der Waals surface area contributed by atoms with Gasteiger partial charge in [-0.3, -0.25) is 4.79 Å². The van der Waals surface area contributed by atoms with Crippen LogP contribution in [0.3, 0.4) is 0 Å². The smallest absolute Gasteiger partial charge is 0.305 e. The molecule has 0 saturated heterocycles. The van der Waals surface area contributed by atoms with Crippen LogP contribution in [-0.4, -0.2) is 46.9 Å². The van der Waals surface area contributed by atoms with E-state index in [1.807, 2.05) is 0 Å². The third-order valence-corrected chi connectivity index (χ3v) is 5.24. The molecule has 1 heterocycles. The zero-order chi connectivity index (χ0) is 13.8. The summed E-state index contributed by atoms with van der Waals surface area (Å²) in [6.45, 7) is 1.90. The molecule has 9 heteroatoms. The van der Waals surface area contributed by atoms with Gasteiger partial charge in [0.2, 0.25) is 0 Å². The van der Waals surface area contributed by atoms with E-state index in [9.17, 15) is 13.2 Å². The van der Waals surface area contributed by atoms with E-state index in [4.69, 9.17) is 9.47 Å². The molecular formula is C9H16N2O5S2. The number of hydrogen-bond donors (Lipinski definition) is 2. The van der Waals surface area contributed by atoms with Gasteiger partial charge < -0.3 is 14.5 Å². The fourth-order valence-electron chi connectivity index (χ4n) is 1.31. The minimum atomic E-state index is -3.69. The monoisotopic (exact) mass is 296 g/mol. The van der Waals surface area contributed by atoms with Crippen molar-refractivity contribution in [1.29, 1.82) is 0 Å². The highest BCUT2D eigenvalue weighted by molar-refractivity contribution is 7.91. The molecule has 0 aliphatic carbocycles. The average molecular weight is 296 g/mol. The number of methoxy groups -OCH3 is 2. The predicted octanol–water partition coefficient (Wildman–Crippen LogP) is -0.315. The molecular weight excluding hydrogens is 280 g/mol. The Morgan fingerprint density at radius 2 is 2.11 bits per heavy atom. The van der Waals surface area contributed by atoms with Crippen LogP contribution >= 0.6 is 11.3 Å². The molecule has 7 nitrogen and oxygen atoms in total. The van der Waals surface area contributed by atoms with Crippen molar-refractivity contribution >= 4 is 21.4 Å². The highest BCUT2D eigenvalue weighted by atomic mass is 32.2. The average Bonchev–Trinajstić information content (AvgIpc) is 2.64. The standard InChI is InChI=1S/C9H16N2O5S2/c1-6-8(17-9(12)11-6)18(13,14)10-4-7(16-3)5-15-2/h7,10H,4-5H2,1-3H3,(H,11,12). The maximum Gasteiger partial charge on any atom is 0.305 e. The van der Waals surface area contributed by atoms with Crippen molar-refractivity contribution < 1.29 is 17.9 Å². The molecule has 0 aliphatic rings. The second-order valence-electron chi connectivity index (χ2n) is 3.59. The van der Waals surface area contributed by atoms with Gasteiger partial charge in [-0.25, -0.2) is 13.1 Å². The Morgan fingerprint density at radius 3 is 2.56 bits per heavy atom. The summed E-state index contributed by atoms with van der Waals surface area (Å²) in [6.07, 6.45) is -0.374. The first-order valence-corrected chi connectivity index (χ1v) is 7.41. The summed E-state index contributed by atoms with van der Waals surface area (Å²) < 4.78 is 36.2. The third kappa shape index (κ3) is 3.89. The van der Waals surface area contributed by atoms with Gasteiger partial charge in [-0.2, -0.15) is 0 Å². The van der Waals surface area contributed by atoms with Crippen LogP contribution in [0.2, 0.25) is 0 Å². The van der Waals surface area contributed by atoms with Crippen molar-refractivity contribution in [2.45, 2.75) is 17.2 Å². The minimum absolute atomic E-state index is 0.000213. The Labute approximate surface area is 109 Å². The van der Waals surface area contributed by atoms with Gasteiger partial charge in [0.05, 0.1) is 12.7 Å². The van der Waals surface area contributed by atoms with E-state index in [1.54, 1.807) is 0 Å². The van der Waals surface area contributed by atoms with E-state index in [0.717, 1.165) is 0 Å². The van der Waals surface area contributed by atoms with Gasteiger partial charge >= 0.3 is 4.87 Å². The molecule has 0 radical (unpaired) electrons. The molecule has 0 fully saturated rings. The predicted molar refractivity (Wildman–Crippen MR) is 67.5 cm³/mol. The lowest BCUT2D eigenvalue weighted by atomic mass is 10.4. The number of sulfonamides is 1. The summed E-state index contributed by atoms with van der Waals surface area (Å²) in [5, 5.41) is 0. The molecule has 2 N–H and O–H groups in total. The lowest BCUT2D eigenvalue weighted by molar-refractivity contribution is 0.0320. The molecule has 0 bridgehead atoms. The number of aromatic amines is 1.